The summed E-state index contributed by atoms with van der Waals surface area (Å²) in [4.78, 5) is 5.39. The second-order valence-electron chi connectivity index (χ2n) is 7.15. The van der Waals surface area contributed by atoms with Gasteiger partial charge in [-0.05, 0) is 56.2 Å². The molecule has 27 heavy (non-hydrogen) atoms. The van der Waals surface area contributed by atoms with Gasteiger partial charge in [0.15, 0.2) is 0 Å². The summed E-state index contributed by atoms with van der Waals surface area (Å²) in [5.41, 5.74) is 15.1. The van der Waals surface area contributed by atoms with E-state index in [0.29, 0.717) is 23.3 Å². The molecular formula is C20H28FN5S. The first-order chi connectivity index (χ1) is 13.0. The van der Waals surface area contributed by atoms with Gasteiger partial charge in [-0.1, -0.05) is 6.07 Å². The normalized spacial score (nSPS) is 24.0. The minimum atomic E-state index is -0.205. The van der Waals surface area contributed by atoms with Crippen LogP contribution in [0.5, 0.6) is 0 Å². The van der Waals surface area contributed by atoms with Crippen LogP contribution in [0.15, 0.2) is 46.2 Å². The third kappa shape index (κ3) is 5.49. The van der Waals surface area contributed by atoms with Crippen LogP contribution in [-0.4, -0.2) is 24.2 Å². The van der Waals surface area contributed by atoms with E-state index < -0.39 is 0 Å². The molecule has 1 aliphatic heterocycles. The Morgan fingerprint density at radius 1 is 1.33 bits per heavy atom. The summed E-state index contributed by atoms with van der Waals surface area (Å²) in [6, 6.07) is 5.75. The molecule has 146 valence electrons. The van der Waals surface area contributed by atoms with Crippen molar-refractivity contribution in [2.45, 2.75) is 38.6 Å². The van der Waals surface area contributed by atoms with E-state index >= 15 is 0 Å². The van der Waals surface area contributed by atoms with Gasteiger partial charge < -0.3 is 22.1 Å². The molecule has 0 amide bonds. The summed E-state index contributed by atoms with van der Waals surface area (Å²) in [6.45, 7) is 2.68. The van der Waals surface area contributed by atoms with Crippen molar-refractivity contribution in [1.82, 2.24) is 5.32 Å². The maximum Gasteiger partial charge on any atom is 0.146 e. The molecule has 2 aliphatic rings. The van der Waals surface area contributed by atoms with Crippen LogP contribution in [0.1, 0.15) is 31.7 Å². The van der Waals surface area contributed by atoms with Gasteiger partial charge in [-0.15, -0.1) is 11.8 Å². The van der Waals surface area contributed by atoms with Gasteiger partial charge in [0.2, 0.25) is 0 Å². The van der Waals surface area contributed by atoms with E-state index in [2.05, 4.69) is 15.6 Å². The highest BCUT2D eigenvalue weighted by Crippen LogP contribution is 2.28. The zero-order valence-corrected chi connectivity index (χ0v) is 16.5. The third-order valence-corrected chi connectivity index (χ3v) is 6.09. The summed E-state index contributed by atoms with van der Waals surface area (Å²) in [6.07, 6.45) is 7.06. The Balaban J connectivity index is 1.58. The van der Waals surface area contributed by atoms with E-state index in [1.807, 2.05) is 25.3 Å². The second kappa shape index (κ2) is 9.28. The quantitative estimate of drug-likeness (QED) is 0.599. The third-order valence-electron chi connectivity index (χ3n) is 5.01. The molecule has 3 rings (SSSR count). The first-order valence-electron chi connectivity index (χ1n) is 9.35. The fourth-order valence-corrected chi connectivity index (χ4v) is 4.16. The van der Waals surface area contributed by atoms with E-state index in [0.717, 1.165) is 54.3 Å². The lowest BCUT2D eigenvalue weighted by atomic mass is 9.81. The van der Waals surface area contributed by atoms with E-state index in [4.69, 9.17) is 11.5 Å². The molecule has 7 heteroatoms. The number of benzene rings is 1. The summed E-state index contributed by atoms with van der Waals surface area (Å²) < 4.78 is 14.4. The minimum absolute atomic E-state index is 0.205. The van der Waals surface area contributed by atoms with Gasteiger partial charge in [-0.3, -0.25) is 4.99 Å². The SMILES string of the molecule is CC1=N/C=C\NCSC(CCc2ccc(NCC3CC(N)C3)c(F)c2)=C1N. The van der Waals surface area contributed by atoms with Gasteiger partial charge in [0.05, 0.1) is 23.0 Å². The number of nitrogens with one attached hydrogen (secondary N) is 2. The van der Waals surface area contributed by atoms with Gasteiger partial charge in [0.25, 0.3) is 0 Å². The van der Waals surface area contributed by atoms with Crippen LogP contribution < -0.4 is 22.1 Å². The second-order valence-corrected chi connectivity index (χ2v) is 8.22. The van der Waals surface area contributed by atoms with E-state index in [-0.39, 0.29) is 5.82 Å². The largest absolute Gasteiger partial charge is 0.397 e. The highest BCUT2D eigenvalue weighted by Gasteiger charge is 2.25. The number of halogens is 1. The molecule has 1 fully saturated rings. The number of nitrogens with two attached hydrogens (primary N) is 2. The molecule has 0 radical (unpaired) electrons. The summed E-state index contributed by atoms with van der Waals surface area (Å²) >= 11 is 1.66. The van der Waals surface area contributed by atoms with Crippen LogP contribution in [0.2, 0.25) is 0 Å². The number of nitrogens with zero attached hydrogens (tertiary/aromatic N) is 1. The maximum atomic E-state index is 14.4. The molecule has 1 saturated carbocycles. The fourth-order valence-electron chi connectivity index (χ4n) is 3.26. The number of thioether (sulfide) groups is 1. The summed E-state index contributed by atoms with van der Waals surface area (Å²) in [5, 5.41) is 6.37. The summed E-state index contributed by atoms with van der Waals surface area (Å²) in [7, 11) is 0. The molecule has 1 aromatic carbocycles. The number of aryl methyl sites for hydroxylation is 1. The molecule has 0 spiro atoms. The Labute approximate surface area is 164 Å². The van der Waals surface area contributed by atoms with Crippen molar-refractivity contribution in [2.75, 3.05) is 17.7 Å². The highest BCUT2D eigenvalue weighted by atomic mass is 32.2. The lowest BCUT2D eigenvalue weighted by Crippen LogP contribution is -2.39. The molecule has 0 unspecified atom stereocenters. The van der Waals surface area contributed by atoms with Crippen molar-refractivity contribution >= 4 is 23.2 Å². The molecule has 6 N–H and O–H groups in total. The van der Waals surface area contributed by atoms with E-state index in [9.17, 15) is 4.39 Å². The molecule has 0 atom stereocenters. The van der Waals surface area contributed by atoms with Crippen molar-refractivity contribution < 1.29 is 4.39 Å². The first-order valence-corrected chi connectivity index (χ1v) is 10.3. The van der Waals surface area contributed by atoms with Crippen molar-refractivity contribution in [1.29, 1.82) is 0 Å². The first kappa shape index (κ1) is 19.8. The Hall–Kier alpha value is -1.99. The summed E-state index contributed by atoms with van der Waals surface area (Å²) in [5.74, 6) is 1.09. The van der Waals surface area contributed by atoms with Crippen molar-refractivity contribution in [2.24, 2.45) is 22.4 Å². The maximum absolute atomic E-state index is 14.4. The Kier molecular flexibility index (Phi) is 6.79. The van der Waals surface area contributed by atoms with E-state index in [1.165, 1.54) is 0 Å². The highest BCUT2D eigenvalue weighted by molar-refractivity contribution is 8.03. The number of hydrogen-bond acceptors (Lipinski definition) is 6. The van der Waals surface area contributed by atoms with Gasteiger partial charge in [-0.25, -0.2) is 4.39 Å². The number of allylic oxidation sites excluding steroid dienone is 2. The predicted molar refractivity (Wildman–Crippen MR) is 113 cm³/mol. The molecular weight excluding hydrogens is 361 g/mol. The van der Waals surface area contributed by atoms with Crippen molar-refractivity contribution in [3.05, 3.63) is 52.6 Å². The smallest absolute Gasteiger partial charge is 0.146 e. The molecule has 0 bridgehead atoms. The zero-order valence-electron chi connectivity index (χ0n) is 15.7. The number of hydrogen-bond donors (Lipinski definition) is 4. The lowest BCUT2D eigenvalue weighted by molar-refractivity contribution is 0.280. The number of aliphatic imine (C=N–C) groups is 1. The van der Waals surface area contributed by atoms with Crippen molar-refractivity contribution in [3.8, 4) is 0 Å². The van der Waals surface area contributed by atoms with Crippen LogP contribution in [0.4, 0.5) is 10.1 Å². The minimum Gasteiger partial charge on any atom is -0.397 e. The van der Waals surface area contributed by atoms with Gasteiger partial charge >= 0.3 is 0 Å². The Morgan fingerprint density at radius 3 is 2.89 bits per heavy atom. The van der Waals surface area contributed by atoms with E-state index in [1.54, 1.807) is 24.0 Å². The van der Waals surface area contributed by atoms with Crippen LogP contribution >= 0.6 is 11.8 Å². The van der Waals surface area contributed by atoms with Crippen LogP contribution in [-0.2, 0) is 6.42 Å². The fraction of sp³-hybridized carbons (Fsp3) is 0.450. The standard InChI is InChI=1S/C20H28FN5S/c1-13-20(23)19(27-12-24-6-7-25-13)5-3-14-2-4-18(17(21)10-14)26-11-15-8-16(22)9-15/h2,4,6-7,10,15-16,24,26H,3,5,8-9,11-12,22-23H2,1H3/b7-6-,20-19?,25-13?. The predicted octanol–water partition coefficient (Wildman–Crippen LogP) is 3.30. The average Bonchev–Trinajstić information content (AvgIpc) is 2.70. The van der Waals surface area contributed by atoms with Crippen LogP contribution in [0.25, 0.3) is 0 Å². The van der Waals surface area contributed by atoms with Crippen LogP contribution in [0, 0.1) is 11.7 Å². The number of rotatable bonds is 6. The number of anilines is 1. The Bertz CT molecular complexity index is 753. The molecule has 1 aromatic rings. The van der Waals surface area contributed by atoms with Crippen molar-refractivity contribution in [3.63, 3.8) is 0 Å². The molecule has 1 aliphatic carbocycles. The Morgan fingerprint density at radius 2 is 2.15 bits per heavy atom. The zero-order chi connectivity index (χ0) is 19.2. The molecule has 0 saturated heterocycles. The average molecular weight is 390 g/mol. The molecule has 5 nitrogen and oxygen atoms in total. The molecule has 1 heterocycles. The molecule has 0 aromatic heterocycles. The monoisotopic (exact) mass is 389 g/mol. The van der Waals surface area contributed by atoms with Gasteiger partial charge in [-0.2, -0.15) is 0 Å². The van der Waals surface area contributed by atoms with Gasteiger partial charge in [0.1, 0.15) is 5.82 Å². The lowest BCUT2D eigenvalue weighted by Gasteiger charge is -2.32. The topological polar surface area (TPSA) is 88.5 Å². The van der Waals surface area contributed by atoms with Crippen LogP contribution in [0.3, 0.4) is 0 Å². The van der Waals surface area contributed by atoms with Gasteiger partial charge in [0, 0.05) is 29.9 Å².